The Morgan fingerprint density at radius 2 is 1.85 bits per heavy atom. The molecule has 10 heteroatoms. The van der Waals surface area contributed by atoms with E-state index in [1.54, 1.807) is 18.0 Å². The molecular weight excluding hydrogens is 516 g/mol. The predicted octanol–water partition coefficient (Wildman–Crippen LogP) is 4.37. The van der Waals surface area contributed by atoms with Gasteiger partial charge in [0.1, 0.15) is 11.6 Å². The van der Waals surface area contributed by atoms with E-state index < -0.39 is 0 Å². The van der Waals surface area contributed by atoms with Crippen molar-refractivity contribution in [2.45, 2.75) is 57.9 Å². The number of piperidine rings is 1. The molecule has 6 rings (SSSR count). The number of hydrogen-bond donors (Lipinski definition) is 0. The number of fused-ring (bicyclic) bond motifs is 1. The van der Waals surface area contributed by atoms with Crippen LogP contribution >= 0.6 is 0 Å². The van der Waals surface area contributed by atoms with Crippen molar-refractivity contribution in [2.75, 3.05) is 33.9 Å². The van der Waals surface area contributed by atoms with Crippen LogP contribution in [0, 0.1) is 17.8 Å². The number of hydrogen-bond acceptors (Lipinski definition) is 8. The number of ketones is 1. The van der Waals surface area contributed by atoms with E-state index in [0.29, 0.717) is 35.4 Å². The van der Waals surface area contributed by atoms with Crippen LogP contribution in [0.1, 0.15) is 50.8 Å². The fourth-order valence-electron chi connectivity index (χ4n) is 6.36. The molecule has 41 heavy (non-hydrogen) atoms. The number of methoxy groups -OCH3 is 1. The lowest BCUT2D eigenvalue weighted by Crippen LogP contribution is -2.30. The van der Waals surface area contributed by atoms with E-state index in [-0.39, 0.29) is 5.92 Å². The van der Waals surface area contributed by atoms with E-state index in [4.69, 9.17) is 9.72 Å². The molecule has 2 atom stereocenters. The molecule has 10 nitrogen and oxygen atoms in total. The van der Waals surface area contributed by atoms with Crippen molar-refractivity contribution in [3.8, 4) is 16.8 Å². The first-order valence-corrected chi connectivity index (χ1v) is 15.0. The summed E-state index contributed by atoms with van der Waals surface area (Å²) in [7, 11) is 3.88. The molecule has 4 aromatic rings. The number of likely N-dealkylation sites (tertiary alicyclic amines) is 1. The summed E-state index contributed by atoms with van der Waals surface area (Å²) in [5.74, 6) is 2.62. The van der Waals surface area contributed by atoms with Crippen molar-refractivity contribution in [1.82, 2.24) is 39.6 Å². The molecule has 2 aliphatic rings. The molecule has 0 unspecified atom stereocenters. The second-order valence-electron chi connectivity index (χ2n) is 11.9. The number of nitrogens with zero attached hydrogens (tertiary/aromatic N) is 8. The highest BCUT2D eigenvalue weighted by atomic mass is 16.5. The fourth-order valence-corrected chi connectivity index (χ4v) is 6.36. The molecule has 1 aliphatic carbocycles. The van der Waals surface area contributed by atoms with Crippen LogP contribution in [0.4, 0.5) is 0 Å². The van der Waals surface area contributed by atoms with E-state index >= 15 is 0 Å². The van der Waals surface area contributed by atoms with E-state index in [2.05, 4.69) is 44.5 Å². The monoisotopic (exact) mass is 556 g/mol. The van der Waals surface area contributed by atoms with Crippen LogP contribution in [0.2, 0.25) is 0 Å². The Balaban J connectivity index is 1.07. The van der Waals surface area contributed by atoms with E-state index in [9.17, 15) is 4.79 Å². The van der Waals surface area contributed by atoms with Gasteiger partial charge < -0.3 is 9.64 Å². The van der Waals surface area contributed by atoms with Gasteiger partial charge in [-0.25, -0.2) is 9.97 Å². The molecule has 0 amide bonds. The number of carbonyl (C=O) groups is 1. The van der Waals surface area contributed by atoms with Gasteiger partial charge in [0.25, 0.3) is 0 Å². The van der Waals surface area contributed by atoms with Gasteiger partial charge in [-0.05, 0) is 88.2 Å². The van der Waals surface area contributed by atoms with Crippen LogP contribution in [-0.2, 0) is 22.5 Å². The first-order valence-electron chi connectivity index (χ1n) is 15.0. The molecule has 0 bridgehead atoms. The summed E-state index contributed by atoms with van der Waals surface area (Å²) in [5.41, 5.74) is 4.40. The van der Waals surface area contributed by atoms with Gasteiger partial charge in [0.15, 0.2) is 11.2 Å². The van der Waals surface area contributed by atoms with Gasteiger partial charge in [0.05, 0.1) is 31.2 Å². The number of Topliss-reactive ketones (excluding diaryl/α,β-unsaturated/α-hetero) is 1. The van der Waals surface area contributed by atoms with Crippen LogP contribution in [0.5, 0.6) is 0 Å². The molecule has 0 N–H and O–H groups in total. The molecule has 1 saturated carbocycles. The van der Waals surface area contributed by atoms with E-state index in [1.165, 1.54) is 12.8 Å². The van der Waals surface area contributed by atoms with Crippen LogP contribution in [0.15, 0.2) is 42.9 Å². The highest BCUT2D eigenvalue weighted by molar-refractivity contribution is 5.81. The van der Waals surface area contributed by atoms with Crippen molar-refractivity contribution in [2.24, 2.45) is 17.8 Å². The topological polar surface area (TPSA) is 104 Å². The number of rotatable bonds is 11. The maximum absolute atomic E-state index is 13.0. The molecule has 4 heterocycles. The third kappa shape index (κ3) is 6.54. The number of ether oxygens (including phenoxy) is 1. The molecule has 2 fully saturated rings. The summed E-state index contributed by atoms with van der Waals surface area (Å²) in [4.78, 5) is 24.8. The van der Waals surface area contributed by atoms with Gasteiger partial charge in [-0.2, -0.15) is 9.78 Å². The SMILES string of the molecule is COCCn1cc(-c2ccc(-n3nnc4cnc(C[C@@H]5CC[C@@H](C(=O)CCC6CCN(C)CC6)C5)nc43)cc2)cn1. The zero-order valence-electron chi connectivity index (χ0n) is 24.2. The summed E-state index contributed by atoms with van der Waals surface area (Å²) < 4.78 is 8.80. The molecular formula is C31H40N8O2. The van der Waals surface area contributed by atoms with Gasteiger partial charge in [0.2, 0.25) is 0 Å². The number of benzene rings is 1. The van der Waals surface area contributed by atoms with Crippen molar-refractivity contribution in [1.29, 1.82) is 0 Å². The molecule has 1 saturated heterocycles. The molecule has 3 aromatic heterocycles. The highest BCUT2D eigenvalue weighted by Gasteiger charge is 2.31. The Kier molecular flexibility index (Phi) is 8.48. The van der Waals surface area contributed by atoms with Crippen molar-refractivity contribution >= 4 is 16.9 Å². The van der Waals surface area contributed by atoms with Crippen LogP contribution in [0.25, 0.3) is 28.0 Å². The summed E-state index contributed by atoms with van der Waals surface area (Å²) in [6.07, 6.45) is 13.7. The Hall–Kier alpha value is -3.50. The molecule has 0 radical (unpaired) electrons. The Labute approximate surface area is 241 Å². The summed E-state index contributed by atoms with van der Waals surface area (Å²) in [5, 5.41) is 13.1. The minimum absolute atomic E-state index is 0.202. The quantitative estimate of drug-likeness (QED) is 0.268. The Morgan fingerprint density at radius 3 is 2.66 bits per heavy atom. The van der Waals surface area contributed by atoms with E-state index in [0.717, 1.165) is 80.8 Å². The average Bonchev–Trinajstić information content (AvgIpc) is 3.76. The van der Waals surface area contributed by atoms with Gasteiger partial charge in [-0.1, -0.05) is 17.3 Å². The fraction of sp³-hybridized carbons (Fsp3) is 0.548. The summed E-state index contributed by atoms with van der Waals surface area (Å²) in [6.45, 7) is 3.67. The van der Waals surface area contributed by atoms with Gasteiger partial charge in [-0.3, -0.25) is 9.48 Å². The lowest BCUT2D eigenvalue weighted by atomic mass is 9.88. The van der Waals surface area contributed by atoms with Crippen molar-refractivity contribution in [3.05, 3.63) is 48.7 Å². The zero-order valence-corrected chi connectivity index (χ0v) is 24.2. The third-order valence-corrected chi connectivity index (χ3v) is 8.95. The number of aromatic nitrogens is 7. The van der Waals surface area contributed by atoms with Crippen LogP contribution < -0.4 is 0 Å². The van der Waals surface area contributed by atoms with Crippen LogP contribution in [-0.4, -0.2) is 79.3 Å². The molecule has 1 aliphatic heterocycles. The lowest BCUT2D eigenvalue weighted by molar-refractivity contribution is -0.123. The maximum Gasteiger partial charge on any atom is 0.187 e. The van der Waals surface area contributed by atoms with Crippen molar-refractivity contribution < 1.29 is 9.53 Å². The average molecular weight is 557 g/mol. The molecule has 216 valence electrons. The lowest BCUT2D eigenvalue weighted by Gasteiger charge is -2.28. The predicted molar refractivity (Wildman–Crippen MR) is 157 cm³/mol. The van der Waals surface area contributed by atoms with Gasteiger partial charge in [-0.15, -0.1) is 5.10 Å². The first kappa shape index (κ1) is 27.7. The Morgan fingerprint density at radius 1 is 1.02 bits per heavy atom. The normalized spacial score (nSPS) is 20.2. The van der Waals surface area contributed by atoms with Gasteiger partial charge >= 0.3 is 0 Å². The van der Waals surface area contributed by atoms with Crippen molar-refractivity contribution in [3.63, 3.8) is 0 Å². The summed E-state index contributed by atoms with van der Waals surface area (Å²) in [6, 6.07) is 8.17. The largest absolute Gasteiger partial charge is 0.383 e. The molecule has 0 spiro atoms. The standard InChI is InChI=1S/C31H40N8O2/c1-37-13-11-22(12-14-37)4-10-29(40)25-5-3-23(17-25)18-30-32-20-28-31(34-30)39(36-35-28)27-8-6-24(7-9-27)26-19-33-38(21-26)15-16-41-2/h6-9,19-23,25H,3-5,10-18H2,1-2H3/t23-,25-/m1/s1. The van der Waals surface area contributed by atoms with Gasteiger partial charge in [0, 0.05) is 37.6 Å². The Bertz CT molecular complexity index is 1450. The second kappa shape index (κ2) is 12.6. The van der Waals surface area contributed by atoms with Crippen LogP contribution in [0.3, 0.4) is 0 Å². The maximum atomic E-state index is 13.0. The number of carbonyl (C=O) groups excluding carboxylic acids is 1. The highest BCUT2D eigenvalue weighted by Crippen LogP contribution is 2.35. The molecule has 1 aromatic carbocycles. The summed E-state index contributed by atoms with van der Waals surface area (Å²) >= 11 is 0. The van der Waals surface area contributed by atoms with E-state index in [1.807, 2.05) is 29.2 Å². The zero-order chi connectivity index (χ0) is 28.2. The smallest absolute Gasteiger partial charge is 0.187 e. The first-order chi connectivity index (χ1) is 20.1. The minimum Gasteiger partial charge on any atom is -0.383 e. The third-order valence-electron chi connectivity index (χ3n) is 8.95. The second-order valence-corrected chi connectivity index (χ2v) is 11.9. The minimum atomic E-state index is 0.202.